The number of carbonyl (C=O) groups excluding carboxylic acids is 1. The van der Waals surface area contributed by atoms with E-state index in [1.54, 1.807) is 0 Å². The fraction of sp³-hybridized carbons (Fsp3) is 0.429. The van der Waals surface area contributed by atoms with Gasteiger partial charge in [-0.25, -0.2) is 0 Å². The minimum atomic E-state index is 0. The highest BCUT2D eigenvalue weighted by Gasteiger charge is 2.17. The van der Waals surface area contributed by atoms with Gasteiger partial charge in [0.25, 0.3) is 0 Å². The fourth-order valence-corrected chi connectivity index (χ4v) is 2.82. The van der Waals surface area contributed by atoms with E-state index in [2.05, 4.69) is 54.8 Å². The Bertz CT molecular complexity index is 619. The molecule has 23 heavy (non-hydrogen) atoms. The first kappa shape index (κ1) is 19.0. The van der Waals surface area contributed by atoms with E-state index in [4.69, 9.17) is 4.79 Å². The van der Waals surface area contributed by atoms with Crippen molar-refractivity contribution in [2.45, 2.75) is 47.5 Å². The van der Waals surface area contributed by atoms with Gasteiger partial charge in [0.2, 0.25) is 0 Å². The average molecular weight is 313 g/mol. The average Bonchev–Trinajstić information content (AvgIpc) is 3.02. The number of benzene rings is 1. The lowest BCUT2D eigenvalue weighted by Gasteiger charge is -2.21. The van der Waals surface area contributed by atoms with Crippen molar-refractivity contribution in [2.75, 3.05) is 13.1 Å². The summed E-state index contributed by atoms with van der Waals surface area (Å²) in [5.41, 5.74) is 10.0. The quantitative estimate of drug-likeness (QED) is 0.505. The molecule has 2 heteroatoms. The monoisotopic (exact) mass is 313 g/mol. The van der Waals surface area contributed by atoms with Gasteiger partial charge in [0.15, 0.2) is 0 Å². The molecule has 0 saturated carbocycles. The Balaban J connectivity index is 0.000000799. The SMILES string of the molecule is CC.CC1=C=Cc2c(C)cccc2C=C1N1CCCC1.CC=O.[HH]. The van der Waals surface area contributed by atoms with Crippen molar-refractivity contribution in [3.63, 3.8) is 0 Å². The second-order valence-electron chi connectivity index (χ2n) is 5.45. The Morgan fingerprint density at radius 3 is 2.39 bits per heavy atom. The van der Waals surface area contributed by atoms with Crippen molar-refractivity contribution in [2.24, 2.45) is 0 Å². The molecule has 0 spiro atoms. The highest BCUT2D eigenvalue weighted by molar-refractivity contribution is 5.73. The first-order valence-corrected chi connectivity index (χ1v) is 8.57. The first-order chi connectivity index (χ1) is 11.2. The Morgan fingerprint density at radius 2 is 1.78 bits per heavy atom. The van der Waals surface area contributed by atoms with E-state index >= 15 is 0 Å². The zero-order valence-corrected chi connectivity index (χ0v) is 15.1. The number of likely N-dealkylation sites (tertiary alicyclic amines) is 1. The summed E-state index contributed by atoms with van der Waals surface area (Å²) in [4.78, 5) is 11.3. The Labute approximate surface area is 142 Å². The maximum absolute atomic E-state index is 8.81. The Hall–Kier alpha value is -2.05. The molecule has 0 N–H and O–H groups in total. The van der Waals surface area contributed by atoms with Crippen molar-refractivity contribution >= 4 is 18.4 Å². The molecular weight excluding hydrogens is 282 g/mol. The second-order valence-corrected chi connectivity index (χ2v) is 5.45. The lowest BCUT2D eigenvalue weighted by atomic mass is 10.0. The van der Waals surface area contributed by atoms with Gasteiger partial charge in [0, 0.05) is 25.8 Å². The molecule has 1 aliphatic heterocycles. The molecule has 0 radical (unpaired) electrons. The van der Waals surface area contributed by atoms with Crippen molar-refractivity contribution in [1.82, 2.24) is 4.90 Å². The van der Waals surface area contributed by atoms with Crippen molar-refractivity contribution in [1.29, 1.82) is 0 Å². The van der Waals surface area contributed by atoms with E-state index < -0.39 is 0 Å². The number of aryl methyl sites for hydroxylation is 1. The maximum Gasteiger partial charge on any atom is 0.116 e. The van der Waals surface area contributed by atoms with Crippen LogP contribution in [0.5, 0.6) is 0 Å². The van der Waals surface area contributed by atoms with E-state index in [9.17, 15) is 0 Å². The van der Waals surface area contributed by atoms with Gasteiger partial charge < -0.3 is 9.69 Å². The van der Waals surface area contributed by atoms with Gasteiger partial charge >= 0.3 is 0 Å². The summed E-state index contributed by atoms with van der Waals surface area (Å²) in [5, 5.41) is 0. The predicted octanol–water partition coefficient (Wildman–Crippen LogP) is 5.48. The summed E-state index contributed by atoms with van der Waals surface area (Å²) in [7, 11) is 0. The Kier molecular flexibility index (Phi) is 8.15. The number of carbonyl (C=O) groups is 1. The van der Waals surface area contributed by atoms with E-state index in [0.29, 0.717) is 0 Å². The number of hydrogen-bond donors (Lipinski definition) is 0. The molecule has 0 aromatic heterocycles. The smallest absolute Gasteiger partial charge is 0.116 e. The minimum absolute atomic E-state index is 0. The lowest BCUT2D eigenvalue weighted by molar-refractivity contribution is -0.106. The molecule has 3 rings (SSSR count). The summed E-state index contributed by atoms with van der Waals surface area (Å²) < 4.78 is 0. The normalized spacial score (nSPS) is 15.1. The minimum Gasteiger partial charge on any atom is -0.371 e. The summed E-state index contributed by atoms with van der Waals surface area (Å²) in [5.74, 6) is 0. The summed E-state index contributed by atoms with van der Waals surface area (Å²) in [6.07, 6.45) is 7.85. The largest absolute Gasteiger partial charge is 0.371 e. The molecule has 1 heterocycles. The third-order valence-corrected chi connectivity index (χ3v) is 3.91. The van der Waals surface area contributed by atoms with Crippen molar-refractivity contribution < 1.29 is 6.22 Å². The van der Waals surface area contributed by atoms with Crippen LogP contribution in [0.15, 0.2) is 35.2 Å². The van der Waals surface area contributed by atoms with Crippen LogP contribution in [0.2, 0.25) is 0 Å². The van der Waals surface area contributed by atoms with Crippen LogP contribution in [0.3, 0.4) is 0 Å². The van der Waals surface area contributed by atoms with Crippen LogP contribution in [0.4, 0.5) is 0 Å². The van der Waals surface area contributed by atoms with Gasteiger partial charge in [-0.15, -0.1) is 5.73 Å². The zero-order chi connectivity index (χ0) is 17.2. The highest BCUT2D eigenvalue weighted by Crippen LogP contribution is 2.28. The van der Waals surface area contributed by atoms with Gasteiger partial charge in [-0.1, -0.05) is 32.0 Å². The zero-order valence-electron chi connectivity index (χ0n) is 15.1. The van der Waals surface area contributed by atoms with Gasteiger partial charge in [-0.05, 0) is 62.5 Å². The van der Waals surface area contributed by atoms with Crippen molar-refractivity contribution in [3.05, 3.63) is 51.9 Å². The summed E-state index contributed by atoms with van der Waals surface area (Å²) in [6, 6.07) is 6.51. The highest BCUT2D eigenvalue weighted by atomic mass is 16.1. The van der Waals surface area contributed by atoms with Crippen LogP contribution in [-0.4, -0.2) is 24.3 Å². The standard InChI is InChI=1S/C17H19N.C2H4O.C2H6.H2/c1-13-6-5-7-15-12-17(18-10-3-4-11-18)14(2)8-9-16(13)15;1-2-3;1-2;/h5-7,9,12H,3-4,10-11H2,1-2H3;2H,1H3;1-2H3;1H. The molecule has 1 aliphatic carbocycles. The van der Waals surface area contributed by atoms with Crippen LogP contribution >= 0.6 is 0 Å². The van der Waals surface area contributed by atoms with E-state index in [1.807, 2.05) is 13.8 Å². The number of aldehydes is 1. The van der Waals surface area contributed by atoms with Crippen LogP contribution in [0.25, 0.3) is 12.2 Å². The topological polar surface area (TPSA) is 20.3 Å². The molecular formula is C21H31NO. The molecule has 1 saturated heterocycles. The van der Waals surface area contributed by atoms with Gasteiger partial charge in [-0.2, -0.15) is 0 Å². The molecule has 1 aromatic rings. The number of hydrogen-bond acceptors (Lipinski definition) is 2. The van der Waals surface area contributed by atoms with Gasteiger partial charge in [-0.3, -0.25) is 0 Å². The van der Waals surface area contributed by atoms with Crippen molar-refractivity contribution in [3.8, 4) is 0 Å². The summed E-state index contributed by atoms with van der Waals surface area (Å²) in [6.45, 7) is 12.2. The number of nitrogens with zero attached hydrogens (tertiary/aromatic N) is 1. The van der Waals surface area contributed by atoms with E-state index in [-0.39, 0.29) is 1.43 Å². The third-order valence-electron chi connectivity index (χ3n) is 3.91. The number of allylic oxidation sites excluding steroid dienone is 1. The molecule has 1 aromatic carbocycles. The van der Waals surface area contributed by atoms with Gasteiger partial charge in [0.05, 0.1) is 0 Å². The third kappa shape index (κ3) is 4.97. The molecule has 126 valence electrons. The van der Waals surface area contributed by atoms with Gasteiger partial charge in [0.1, 0.15) is 6.29 Å². The van der Waals surface area contributed by atoms with Crippen LogP contribution in [-0.2, 0) is 4.79 Å². The molecule has 0 atom stereocenters. The second kappa shape index (κ2) is 9.86. The molecule has 0 amide bonds. The maximum atomic E-state index is 8.81. The molecule has 0 bridgehead atoms. The molecule has 2 nitrogen and oxygen atoms in total. The van der Waals surface area contributed by atoms with E-state index in [1.165, 1.54) is 60.8 Å². The van der Waals surface area contributed by atoms with Crippen LogP contribution in [0.1, 0.15) is 58.7 Å². The Morgan fingerprint density at radius 1 is 1.17 bits per heavy atom. The predicted molar refractivity (Wildman–Crippen MR) is 102 cm³/mol. The van der Waals surface area contributed by atoms with Crippen LogP contribution in [0, 0.1) is 6.92 Å². The number of rotatable bonds is 1. The molecule has 0 unspecified atom stereocenters. The van der Waals surface area contributed by atoms with Crippen LogP contribution < -0.4 is 0 Å². The van der Waals surface area contributed by atoms with E-state index in [0.717, 1.165) is 6.29 Å². The fourth-order valence-electron chi connectivity index (χ4n) is 2.82. The molecule has 2 aliphatic rings. The summed E-state index contributed by atoms with van der Waals surface area (Å²) >= 11 is 0. The first-order valence-electron chi connectivity index (χ1n) is 8.57. The molecule has 1 fully saturated rings. The number of fused-ring (bicyclic) bond motifs is 1. The lowest BCUT2D eigenvalue weighted by Crippen LogP contribution is -2.18.